The molecule has 6 rings (SSSR count). The molecule has 8 nitrogen and oxygen atoms in total. The van der Waals surface area contributed by atoms with E-state index in [2.05, 4.69) is 15.0 Å². The molecule has 54 heavy (non-hydrogen) atoms. The van der Waals surface area contributed by atoms with Crippen molar-refractivity contribution in [1.29, 1.82) is 0 Å². The molecule has 0 saturated carbocycles. The maximum absolute atomic E-state index is 15.5. The molecule has 0 N–H and O–H groups in total. The van der Waals surface area contributed by atoms with E-state index in [0.717, 1.165) is 56.5 Å². The average molecular weight is 760 g/mol. The van der Waals surface area contributed by atoms with Crippen LogP contribution in [0.25, 0.3) is 22.0 Å². The van der Waals surface area contributed by atoms with Gasteiger partial charge in [0.1, 0.15) is 6.10 Å². The lowest BCUT2D eigenvalue weighted by Crippen LogP contribution is -2.41. The van der Waals surface area contributed by atoms with Crippen LogP contribution >= 0.6 is 0 Å². The molecule has 1 amide bonds. The Morgan fingerprint density at radius 1 is 0.963 bits per heavy atom. The number of carbonyl (C=O) groups is 1. The van der Waals surface area contributed by atoms with Gasteiger partial charge in [0.2, 0.25) is 17.7 Å². The van der Waals surface area contributed by atoms with Crippen molar-refractivity contribution in [2.24, 2.45) is 0 Å². The Kier molecular flexibility index (Phi) is 11.8. The second kappa shape index (κ2) is 16.3. The molecule has 0 aliphatic carbocycles. The van der Waals surface area contributed by atoms with Crippen LogP contribution in [0.1, 0.15) is 67.0 Å². The van der Waals surface area contributed by atoms with Gasteiger partial charge in [0.15, 0.2) is 6.23 Å². The molecular weight excluding hydrogens is 719 g/mol. The number of halogens is 7. The van der Waals surface area contributed by atoms with Crippen molar-refractivity contribution in [2.45, 2.75) is 63.2 Å². The molecule has 0 bridgehead atoms. The largest absolute Gasteiger partial charge is 0.473 e. The minimum absolute atomic E-state index is 0.0111. The topological polar surface area (TPSA) is 72.7 Å². The van der Waals surface area contributed by atoms with Gasteiger partial charge in [-0.15, -0.1) is 5.10 Å². The SMILES string of the molecule is CN(C)C(=O)C=CCN1CCC[C@@H](Oc2ccc(/C(=C(/CC(F)(F)F)c3ccc(C(F)(F)F)cc3)c3ccc4c(c3)c(F)nn4C3CCCCO3)cn2)C1. The number of hydrogen-bond acceptors (Lipinski definition) is 6. The number of amides is 1. The van der Waals surface area contributed by atoms with Crippen molar-refractivity contribution >= 4 is 28.0 Å². The Bertz CT molecular complexity index is 1980. The summed E-state index contributed by atoms with van der Waals surface area (Å²) >= 11 is 0. The number of benzene rings is 2. The van der Waals surface area contributed by atoms with Crippen molar-refractivity contribution in [3.63, 3.8) is 0 Å². The van der Waals surface area contributed by atoms with Gasteiger partial charge in [0.25, 0.3) is 0 Å². The summed E-state index contributed by atoms with van der Waals surface area (Å²) in [6.45, 7) is 2.40. The molecule has 2 aliphatic rings. The van der Waals surface area contributed by atoms with Crippen LogP contribution in [0.2, 0.25) is 0 Å². The fourth-order valence-corrected chi connectivity index (χ4v) is 6.80. The van der Waals surface area contributed by atoms with Crippen molar-refractivity contribution < 1.29 is 45.0 Å². The molecule has 0 radical (unpaired) electrons. The smallest absolute Gasteiger partial charge is 0.416 e. The highest BCUT2D eigenvalue weighted by Crippen LogP contribution is 2.41. The number of alkyl halides is 6. The normalized spacial score (nSPS) is 19.3. The molecule has 1 unspecified atom stereocenters. The molecule has 4 aromatic rings. The Morgan fingerprint density at radius 3 is 2.35 bits per heavy atom. The first-order chi connectivity index (χ1) is 25.7. The van der Waals surface area contributed by atoms with E-state index >= 15 is 4.39 Å². The van der Waals surface area contributed by atoms with Gasteiger partial charge < -0.3 is 14.4 Å². The summed E-state index contributed by atoms with van der Waals surface area (Å²) in [7, 11) is 3.34. The van der Waals surface area contributed by atoms with Crippen LogP contribution < -0.4 is 4.74 Å². The van der Waals surface area contributed by atoms with Crippen LogP contribution in [0.15, 0.2) is 72.9 Å². The van der Waals surface area contributed by atoms with Gasteiger partial charge in [-0.2, -0.15) is 30.7 Å². The molecular formula is C39H40F7N5O3. The highest BCUT2D eigenvalue weighted by atomic mass is 19.4. The maximum atomic E-state index is 15.5. The maximum Gasteiger partial charge on any atom is 0.416 e. The predicted molar refractivity (Wildman–Crippen MR) is 189 cm³/mol. The first-order valence-corrected chi connectivity index (χ1v) is 17.7. The quantitative estimate of drug-likeness (QED) is 0.0916. The number of likely N-dealkylation sites (N-methyl/N-ethyl adjacent to an activating group) is 1. The lowest BCUT2D eigenvalue weighted by Gasteiger charge is -2.31. The zero-order chi connectivity index (χ0) is 38.6. The third-order valence-corrected chi connectivity index (χ3v) is 9.46. The first-order valence-electron chi connectivity index (χ1n) is 17.7. The summed E-state index contributed by atoms with van der Waals surface area (Å²) in [5.41, 5.74) is -0.629. The van der Waals surface area contributed by atoms with Gasteiger partial charge >= 0.3 is 12.4 Å². The van der Waals surface area contributed by atoms with Gasteiger partial charge in [-0.25, -0.2) is 9.67 Å². The van der Waals surface area contributed by atoms with E-state index in [1.807, 2.05) is 0 Å². The molecule has 2 aliphatic heterocycles. The second-order valence-corrected chi connectivity index (χ2v) is 13.7. The molecule has 288 valence electrons. The number of nitrogens with zero attached hydrogens (tertiary/aromatic N) is 5. The van der Waals surface area contributed by atoms with Crippen molar-refractivity contribution in [1.82, 2.24) is 24.6 Å². The zero-order valence-corrected chi connectivity index (χ0v) is 29.8. The lowest BCUT2D eigenvalue weighted by molar-refractivity contribution is -0.137. The van der Waals surface area contributed by atoms with Gasteiger partial charge in [0, 0.05) is 57.7 Å². The number of likely N-dealkylation sites (tertiary alicyclic amines) is 1. The number of piperidine rings is 1. The molecule has 2 aromatic carbocycles. The summed E-state index contributed by atoms with van der Waals surface area (Å²) in [5.74, 6) is -0.732. The molecule has 2 aromatic heterocycles. The number of pyridine rings is 1. The number of hydrogen-bond donors (Lipinski definition) is 0. The number of allylic oxidation sites excluding steroid dienone is 1. The Hall–Kier alpha value is -4.76. The van der Waals surface area contributed by atoms with Crippen LogP contribution in [-0.2, 0) is 15.7 Å². The van der Waals surface area contributed by atoms with Crippen LogP contribution in [-0.4, -0.2) is 83.1 Å². The summed E-state index contributed by atoms with van der Waals surface area (Å²) in [4.78, 5) is 19.9. The molecule has 2 saturated heterocycles. The van der Waals surface area contributed by atoms with Crippen molar-refractivity contribution in [2.75, 3.05) is 40.3 Å². The van der Waals surface area contributed by atoms with E-state index in [4.69, 9.17) is 9.47 Å². The van der Waals surface area contributed by atoms with Crippen molar-refractivity contribution in [3.8, 4) is 5.88 Å². The minimum atomic E-state index is -4.76. The lowest BCUT2D eigenvalue weighted by atomic mass is 9.87. The van der Waals surface area contributed by atoms with Gasteiger partial charge in [-0.1, -0.05) is 24.3 Å². The van der Waals surface area contributed by atoms with Crippen LogP contribution in [0, 0.1) is 5.95 Å². The Morgan fingerprint density at radius 2 is 1.70 bits per heavy atom. The predicted octanol–water partition coefficient (Wildman–Crippen LogP) is 8.69. The van der Waals surface area contributed by atoms with E-state index in [1.165, 1.54) is 40.1 Å². The zero-order valence-electron chi connectivity index (χ0n) is 29.8. The van der Waals surface area contributed by atoms with Crippen LogP contribution in [0.4, 0.5) is 30.7 Å². The minimum Gasteiger partial charge on any atom is -0.473 e. The first kappa shape index (κ1) is 38.9. The third-order valence-electron chi connectivity index (χ3n) is 9.46. The molecule has 2 atom stereocenters. The van der Waals surface area contributed by atoms with E-state index in [0.29, 0.717) is 31.6 Å². The van der Waals surface area contributed by atoms with E-state index < -0.39 is 36.5 Å². The summed E-state index contributed by atoms with van der Waals surface area (Å²) in [6.07, 6.45) is -3.15. The van der Waals surface area contributed by atoms with Gasteiger partial charge in [-0.05, 0) is 91.3 Å². The van der Waals surface area contributed by atoms with Gasteiger partial charge in [0.05, 0.1) is 22.9 Å². The number of ether oxygens (including phenoxy) is 2. The summed E-state index contributed by atoms with van der Waals surface area (Å²) < 4.78 is 112. The Labute approximate surface area is 307 Å². The third kappa shape index (κ3) is 9.48. The highest BCUT2D eigenvalue weighted by molar-refractivity contribution is 6.00. The van der Waals surface area contributed by atoms with E-state index in [9.17, 15) is 31.1 Å². The molecule has 0 spiro atoms. The van der Waals surface area contributed by atoms with Crippen LogP contribution in [0.5, 0.6) is 5.88 Å². The number of fused-ring (bicyclic) bond motifs is 1. The molecule has 4 heterocycles. The standard InChI is InChI=1S/C39H40F7N5O3/c1-49(2)34(52)8-6-19-50-18-5-7-29(24-50)54-33-17-13-27(23-47-33)36(31(22-38(41,42)43)25-10-14-28(15-11-25)39(44,45)46)26-12-16-32-30(21-26)37(40)48-51(32)35-9-3-4-20-53-35/h6,8,10-17,21,23,29,35H,3-5,7,9,18-20,22,24H2,1-2H3/b8-6?,36-31-/t29-,35?/m1/s1. The second-order valence-electron chi connectivity index (χ2n) is 13.7. The average Bonchev–Trinajstić information content (AvgIpc) is 3.47. The monoisotopic (exact) mass is 759 g/mol. The number of rotatable bonds is 10. The number of aromatic nitrogens is 3. The molecule has 2 fully saturated rings. The van der Waals surface area contributed by atoms with Gasteiger partial charge in [-0.3, -0.25) is 9.69 Å². The summed E-state index contributed by atoms with van der Waals surface area (Å²) in [5, 5.41) is 4.10. The Balaban J connectivity index is 1.37. The summed E-state index contributed by atoms with van der Waals surface area (Å²) in [6, 6.07) is 11.0. The fraction of sp³-hybridized carbons (Fsp3) is 0.410. The van der Waals surface area contributed by atoms with E-state index in [1.54, 1.807) is 32.3 Å². The molecule has 15 heteroatoms. The van der Waals surface area contributed by atoms with Crippen LogP contribution in [0.3, 0.4) is 0 Å². The fourth-order valence-electron chi connectivity index (χ4n) is 6.80. The van der Waals surface area contributed by atoms with Crippen molar-refractivity contribution in [3.05, 3.63) is 101 Å². The highest BCUT2D eigenvalue weighted by Gasteiger charge is 2.34. The number of carbonyl (C=O) groups excluding carboxylic acids is 1. The van der Waals surface area contributed by atoms with E-state index in [-0.39, 0.29) is 51.1 Å².